The summed E-state index contributed by atoms with van der Waals surface area (Å²) in [5.41, 5.74) is 2.71. The number of pyridine rings is 1. The van der Waals surface area contributed by atoms with Crippen LogP contribution in [0.1, 0.15) is 41.7 Å². The van der Waals surface area contributed by atoms with Gasteiger partial charge < -0.3 is 4.74 Å². The second kappa shape index (κ2) is 4.89. The third kappa shape index (κ3) is 2.23. The maximum absolute atomic E-state index is 11.8. The van der Waals surface area contributed by atoms with E-state index in [-0.39, 0.29) is 5.97 Å². The average Bonchev–Trinajstić information content (AvgIpc) is 3.22. The summed E-state index contributed by atoms with van der Waals surface area (Å²) in [5, 5.41) is 4.39. The van der Waals surface area contributed by atoms with Crippen LogP contribution in [-0.2, 0) is 4.74 Å². The third-order valence-corrected chi connectivity index (χ3v) is 4.30. The molecule has 1 aliphatic rings. The highest BCUT2D eigenvalue weighted by Gasteiger charge is 2.25. The van der Waals surface area contributed by atoms with E-state index in [1.165, 1.54) is 25.5 Å². The summed E-state index contributed by atoms with van der Waals surface area (Å²) < 4.78 is 6.63. The molecule has 19 heavy (non-hydrogen) atoms. The summed E-state index contributed by atoms with van der Waals surface area (Å²) in [6.07, 6.45) is 4.56. The number of aromatic nitrogens is 2. The zero-order valence-electron chi connectivity index (χ0n) is 11.0. The predicted molar refractivity (Wildman–Crippen MR) is 74.9 cm³/mol. The van der Waals surface area contributed by atoms with Gasteiger partial charge in [-0.25, -0.2) is 9.31 Å². The highest BCUT2D eigenvalue weighted by Crippen LogP contribution is 2.40. The molecular weight excluding hydrogens is 260 g/mol. The minimum Gasteiger partial charge on any atom is -0.464 e. The maximum atomic E-state index is 11.8. The fourth-order valence-corrected chi connectivity index (χ4v) is 3.08. The first-order valence-corrected chi connectivity index (χ1v) is 7.46. The van der Waals surface area contributed by atoms with Crippen molar-refractivity contribution >= 4 is 23.2 Å². The minimum atomic E-state index is -0.368. The Labute approximate surface area is 116 Å². The van der Waals surface area contributed by atoms with Gasteiger partial charge in [0.2, 0.25) is 0 Å². The van der Waals surface area contributed by atoms with Gasteiger partial charge in [-0.2, -0.15) is 5.10 Å². The van der Waals surface area contributed by atoms with Gasteiger partial charge in [0.1, 0.15) is 0 Å². The number of hydrogen-bond acceptors (Lipinski definition) is 4. The summed E-state index contributed by atoms with van der Waals surface area (Å²) in [4.78, 5) is 12.7. The van der Waals surface area contributed by atoms with Gasteiger partial charge in [0.05, 0.1) is 17.5 Å². The Balaban J connectivity index is 2.13. The largest absolute Gasteiger partial charge is 0.464 e. The molecule has 3 rings (SSSR count). The van der Waals surface area contributed by atoms with Crippen molar-refractivity contribution in [3.8, 4) is 0 Å². The van der Waals surface area contributed by atoms with E-state index in [4.69, 9.17) is 4.74 Å². The van der Waals surface area contributed by atoms with E-state index < -0.39 is 0 Å². The van der Waals surface area contributed by atoms with Gasteiger partial charge in [-0.15, -0.1) is 11.8 Å². The molecule has 1 fully saturated rings. The highest BCUT2D eigenvalue weighted by molar-refractivity contribution is 7.99. The van der Waals surface area contributed by atoms with Crippen LogP contribution in [0.5, 0.6) is 0 Å². The first-order valence-electron chi connectivity index (χ1n) is 6.48. The number of rotatable bonds is 4. The van der Waals surface area contributed by atoms with Crippen molar-refractivity contribution in [2.24, 2.45) is 0 Å². The zero-order chi connectivity index (χ0) is 13.4. The molecule has 2 aromatic rings. The van der Waals surface area contributed by atoms with Crippen LogP contribution in [-0.4, -0.2) is 28.4 Å². The number of thioether (sulfide) groups is 1. The number of fused-ring (bicyclic) bond motifs is 1. The Bertz CT molecular complexity index is 632. The fourth-order valence-electron chi connectivity index (χ4n) is 2.22. The van der Waals surface area contributed by atoms with E-state index in [1.54, 1.807) is 11.8 Å². The SMILES string of the molecule is CCSc1c(C(=O)OC)nn2cc(C3CC3)ccc12. The van der Waals surface area contributed by atoms with Gasteiger partial charge in [-0.1, -0.05) is 13.0 Å². The number of ether oxygens (including phenoxy) is 1. The molecule has 0 saturated heterocycles. The van der Waals surface area contributed by atoms with E-state index >= 15 is 0 Å². The van der Waals surface area contributed by atoms with Gasteiger partial charge in [-0.3, -0.25) is 0 Å². The normalized spacial score (nSPS) is 14.8. The molecular formula is C14H16N2O2S. The van der Waals surface area contributed by atoms with Crippen LogP contribution in [0, 0.1) is 0 Å². The molecule has 1 saturated carbocycles. The number of hydrogen-bond donors (Lipinski definition) is 0. The molecule has 0 spiro atoms. The summed E-state index contributed by atoms with van der Waals surface area (Å²) in [6, 6.07) is 4.21. The van der Waals surface area contributed by atoms with Crippen LogP contribution >= 0.6 is 11.8 Å². The first-order chi connectivity index (χ1) is 9.24. The second-order valence-electron chi connectivity index (χ2n) is 4.67. The highest BCUT2D eigenvalue weighted by atomic mass is 32.2. The number of nitrogens with zero attached hydrogens (tertiary/aromatic N) is 2. The molecule has 0 unspecified atom stereocenters. The Morgan fingerprint density at radius 1 is 1.53 bits per heavy atom. The quantitative estimate of drug-likeness (QED) is 0.635. The summed E-state index contributed by atoms with van der Waals surface area (Å²) in [6.45, 7) is 2.06. The van der Waals surface area contributed by atoms with Crippen LogP contribution in [0.15, 0.2) is 23.2 Å². The molecule has 0 aliphatic heterocycles. The van der Waals surface area contributed by atoms with E-state index in [1.807, 2.05) is 10.7 Å². The minimum absolute atomic E-state index is 0.368. The monoisotopic (exact) mass is 276 g/mol. The van der Waals surface area contributed by atoms with Crippen LogP contribution in [0.25, 0.3) is 5.52 Å². The van der Waals surface area contributed by atoms with Gasteiger partial charge in [0, 0.05) is 6.20 Å². The van der Waals surface area contributed by atoms with E-state index in [0.29, 0.717) is 11.6 Å². The first kappa shape index (κ1) is 12.5. The Hall–Kier alpha value is -1.49. The predicted octanol–water partition coefficient (Wildman–Crippen LogP) is 3.11. The molecule has 100 valence electrons. The topological polar surface area (TPSA) is 43.6 Å². The molecule has 0 amide bonds. The van der Waals surface area contributed by atoms with Crippen LogP contribution < -0.4 is 0 Å². The molecule has 5 heteroatoms. The third-order valence-electron chi connectivity index (χ3n) is 3.32. The second-order valence-corrected chi connectivity index (χ2v) is 5.94. The van der Waals surface area contributed by atoms with Crippen molar-refractivity contribution in [3.63, 3.8) is 0 Å². The van der Waals surface area contributed by atoms with Gasteiger partial charge >= 0.3 is 5.97 Å². The molecule has 0 radical (unpaired) electrons. The molecule has 2 aromatic heterocycles. The van der Waals surface area contributed by atoms with Crippen LogP contribution in [0.2, 0.25) is 0 Å². The Kier molecular flexibility index (Phi) is 3.22. The van der Waals surface area contributed by atoms with Crippen LogP contribution in [0.3, 0.4) is 0 Å². The lowest BCUT2D eigenvalue weighted by atomic mass is 10.2. The number of methoxy groups -OCH3 is 1. The van der Waals surface area contributed by atoms with Gasteiger partial charge in [0.25, 0.3) is 0 Å². The Morgan fingerprint density at radius 3 is 2.95 bits per heavy atom. The number of carbonyl (C=O) groups excluding carboxylic acids is 1. The van der Waals surface area contributed by atoms with Crippen molar-refractivity contribution in [2.45, 2.75) is 30.6 Å². The van der Waals surface area contributed by atoms with Gasteiger partial charge in [0.15, 0.2) is 5.69 Å². The van der Waals surface area contributed by atoms with E-state index in [2.05, 4.69) is 24.2 Å². The average molecular weight is 276 g/mol. The van der Waals surface area contributed by atoms with E-state index in [9.17, 15) is 4.79 Å². The summed E-state index contributed by atoms with van der Waals surface area (Å²) >= 11 is 1.63. The van der Waals surface area contributed by atoms with Crippen LogP contribution in [0.4, 0.5) is 0 Å². The standard InChI is InChI=1S/C14H16N2O2S/c1-3-19-13-11-7-6-10(9-4-5-9)8-16(11)15-12(13)14(17)18-2/h6-9H,3-5H2,1-2H3. The molecule has 1 aliphatic carbocycles. The molecule has 0 aromatic carbocycles. The van der Waals surface area contributed by atoms with Gasteiger partial charge in [-0.05, 0) is 36.1 Å². The smallest absolute Gasteiger partial charge is 0.359 e. The van der Waals surface area contributed by atoms with Crippen molar-refractivity contribution in [2.75, 3.05) is 12.9 Å². The lowest BCUT2D eigenvalue weighted by Gasteiger charge is -2.01. The lowest BCUT2D eigenvalue weighted by Crippen LogP contribution is -2.03. The maximum Gasteiger partial charge on any atom is 0.359 e. The van der Waals surface area contributed by atoms with Crippen molar-refractivity contribution in [1.29, 1.82) is 0 Å². The fraction of sp³-hybridized carbons (Fsp3) is 0.429. The Morgan fingerprint density at radius 2 is 2.32 bits per heavy atom. The summed E-state index contributed by atoms with van der Waals surface area (Å²) in [7, 11) is 1.39. The summed E-state index contributed by atoms with van der Waals surface area (Å²) in [5.74, 6) is 1.21. The molecule has 0 atom stereocenters. The molecule has 0 N–H and O–H groups in total. The van der Waals surface area contributed by atoms with Crippen molar-refractivity contribution < 1.29 is 9.53 Å². The molecule has 0 bridgehead atoms. The number of esters is 1. The zero-order valence-corrected chi connectivity index (χ0v) is 11.9. The van der Waals surface area contributed by atoms with Crippen molar-refractivity contribution in [1.82, 2.24) is 9.61 Å². The lowest BCUT2D eigenvalue weighted by molar-refractivity contribution is 0.0590. The van der Waals surface area contributed by atoms with Crippen molar-refractivity contribution in [3.05, 3.63) is 29.6 Å². The number of carbonyl (C=O) groups is 1. The molecule has 4 nitrogen and oxygen atoms in total. The van der Waals surface area contributed by atoms with E-state index in [0.717, 1.165) is 16.2 Å². The molecule has 2 heterocycles.